The van der Waals surface area contributed by atoms with Gasteiger partial charge in [-0.3, -0.25) is 19.6 Å². The molecular weight excluding hydrogens is 466 g/mol. The fourth-order valence-electron chi connectivity index (χ4n) is 4.06. The van der Waals surface area contributed by atoms with Crippen LogP contribution in [0.4, 0.5) is 17.6 Å². The molecule has 2 aromatic heterocycles. The number of rotatable bonds is 10. The van der Waals surface area contributed by atoms with Crippen LogP contribution in [0.3, 0.4) is 0 Å². The number of fused-ring (bicyclic) bond motifs is 1. The van der Waals surface area contributed by atoms with E-state index in [2.05, 4.69) is 9.97 Å². The summed E-state index contributed by atoms with van der Waals surface area (Å²) in [6.45, 7) is 7.60. The maximum absolute atomic E-state index is 13.1. The highest BCUT2D eigenvalue weighted by Crippen LogP contribution is 2.35. The monoisotopic (exact) mass is 495 g/mol. The summed E-state index contributed by atoms with van der Waals surface area (Å²) < 4.78 is 55.8. The summed E-state index contributed by atoms with van der Waals surface area (Å²) in [5, 5.41) is 0. The zero-order valence-electron chi connectivity index (χ0n) is 20.3. The number of ether oxygens (including phenoxy) is 1. The fraction of sp³-hybridized carbons (Fsp3) is 0.520. The molecule has 190 valence electrons. The van der Waals surface area contributed by atoms with Crippen molar-refractivity contribution in [2.24, 2.45) is 5.92 Å². The second-order valence-electron chi connectivity index (χ2n) is 9.14. The molecule has 0 aromatic carbocycles. The molecule has 1 amide bonds. The van der Waals surface area contributed by atoms with Crippen molar-refractivity contribution < 1.29 is 31.9 Å². The zero-order valence-corrected chi connectivity index (χ0v) is 20.3. The predicted molar refractivity (Wildman–Crippen MR) is 120 cm³/mol. The first-order valence-corrected chi connectivity index (χ1v) is 11.4. The highest BCUT2D eigenvalue weighted by molar-refractivity contribution is 5.99. The summed E-state index contributed by atoms with van der Waals surface area (Å²) in [6.07, 6.45) is -1.68. The van der Waals surface area contributed by atoms with E-state index in [9.17, 15) is 27.2 Å². The minimum atomic E-state index is -4.24. The number of aromatic nitrogens is 2. The molecule has 2 aromatic rings. The van der Waals surface area contributed by atoms with Gasteiger partial charge in [-0.2, -0.15) is 8.78 Å². The van der Waals surface area contributed by atoms with Crippen LogP contribution in [-0.2, 0) is 16.1 Å². The maximum Gasteiger partial charge on any atom is 0.330 e. The normalized spacial score (nSPS) is 16.5. The minimum Gasteiger partial charge on any atom is -0.366 e. The molecule has 6 nitrogen and oxygen atoms in total. The van der Waals surface area contributed by atoms with E-state index in [0.717, 1.165) is 5.56 Å². The number of amides is 1. The number of pyridine rings is 2. The van der Waals surface area contributed by atoms with Crippen LogP contribution < -0.4 is 0 Å². The van der Waals surface area contributed by atoms with E-state index < -0.39 is 31.0 Å². The van der Waals surface area contributed by atoms with Crippen molar-refractivity contribution in [3.05, 3.63) is 58.7 Å². The first kappa shape index (κ1) is 26.7. The van der Waals surface area contributed by atoms with Crippen LogP contribution in [0.25, 0.3) is 0 Å². The number of carbonyl (C=O) groups is 2. The highest BCUT2D eigenvalue weighted by Gasteiger charge is 2.41. The predicted octanol–water partition coefficient (Wildman–Crippen LogP) is 5.50. The molecule has 0 saturated heterocycles. The Labute approximate surface area is 201 Å². The summed E-state index contributed by atoms with van der Waals surface area (Å²) in [6, 6.07) is 4.52. The van der Waals surface area contributed by atoms with Gasteiger partial charge < -0.3 is 9.64 Å². The molecule has 3 unspecified atom stereocenters. The van der Waals surface area contributed by atoms with Gasteiger partial charge in [-0.15, -0.1) is 0 Å². The van der Waals surface area contributed by atoms with E-state index in [0.29, 0.717) is 22.5 Å². The van der Waals surface area contributed by atoms with Gasteiger partial charge in [0.2, 0.25) is 0 Å². The second kappa shape index (κ2) is 10.4. The number of halogens is 4. The Morgan fingerprint density at radius 3 is 2.37 bits per heavy atom. The zero-order chi connectivity index (χ0) is 26.1. The molecule has 0 spiro atoms. The average molecular weight is 496 g/mol. The van der Waals surface area contributed by atoms with E-state index in [4.69, 9.17) is 4.74 Å². The average Bonchev–Trinajstić information content (AvgIpc) is 3.17. The first-order valence-electron chi connectivity index (χ1n) is 11.4. The Kier molecular flexibility index (Phi) is 7.93. The van der Waals surface area contributed by atoms with Gasteiger partial charge in [0.15, 0.2) is 0 Å². The minimum absolute atomic E-state index is 0.0484. The lowest BCUT2D eigenvalue weighted by Crippen LogP contribution is -2.32. The number of hydrogen-bond donors (Lipinski definition) is 0. The van der Waals surface area contributed by atoms with Crippen molar-refractivity contribution in [3.63, 3.8) is 0 Å². The van der Waals surface area contributed by atoms with Crippen LogP contribution in [0.15, 0.2) is 30.6 Å². The standard InChI is InChI=1S/C25H29F4N3O3/c1-13(2)22(33)14(3)21-19-11-32(23(34)18(19)8-9-30-21)15(4)17-6-7-20(31-10-17)16(5)35-12-25(28,29)24(26)27/h6-10,13-16,24H,11-12H2,1-5H3. The third-order valence-electron chi connectivity index (χ3n) is 6.34. The molecule has 0 radical (unpaired) electrons. The molecule has 1 aliphatic heterocycles. The maximum atomic E-state index is 13.1. The lowest BCUT2D eigenvalue weighted by molar-refractivity contribution is -0.175. The molecule has 0 fully saturated rings. The molecule has 3 rings (SSSR count). The largest absolute Gasteiger partial charge is 0.366 e. The Balaban J connectivity index is 1.74. The van der Waals surface area contributed by atoms with Crippen LogP contribution >= 0.6 is 0 Å². The second-order valence-corrected chi connectivity index (χ2v) is 9.14. The fourth-order valence-corrected chi connectivity index (χ4v) is 4.06. The molecule has 35 heavy (non-hydrogen) atoms. The SMILES string of the molecule is CC(C)C(=O)C(C)c1nccc2c1CN(C(C)c1ccc(C(C)OCC(F)(F)C(F)F)nc1)C2=O. The van der Waals surface area contributed by atoms with Crippen molar-refractivity contribution in [2.75, 3.05) is 6.61 Å². The Hall–Kier alpha value is -2.88. The van der Waals surface area contributed by atoms with Gasteiger partial charge >= 0.3 is 12.3 Å². The Morgan fingerprint density at radius 2 is 1.80 bits per heavy atom. The van der Waals surface area contributed by atoms with E-state index in [1.807, 2.05) is 20.8 Å². The van der Waals surface area contributed by atoms with Gasteiger partial charge in [0.25, 0.3) is 5.91 Å². The van der Waals surface area contributed by atoms with Crippen molar-refractivity contribution in [1.29, 1.82) is 0 Å². The molecule has 1 aliphatic rings. The van der Waals surface area contributed by atoms with Crippen LogP contribution in [0.5, 0.6) is 0 Å². The molecule has 0 saturated carbocycles. The summed E-state index contributed by atoms with van der Waals surface area (Å²) in [4.78, 5) is 36.0. The number of alkyl halides is 4. The quantitative estimate of drug-likeness (QED) is 0.407. The van der Waals surface area contributed by atoms with Crippen LogP contribution in [0, 0.1) is 5.92 Å². The Morgan fingerprint density at radius 1 is 1.11 bits per heavy atom. The van der Waals surface area contributed by atoms with Gasteiger partial charge in [0, 0.05) is 36.0 Å². The molecule has 0 aliphatic carbocycles. The van der Waals surface area contributed by atoms with E-state index >= 15 is 0 Å². The summed E-state index contributed by atoms with van der Waals surface area (Å²) in [7, 11) is 0. The van der Waals surface area contributed by atoms with E-state index in [1.54, 1.807) is 36.2 Å². The van der Waals surface area contributed by atoms with Crippen molar-refractivity contribution >= 4 is 11.7 Å². The lowest BCUT2D eigenvalue weighted by Gasteiger charge is -2.25. The summed E-state index contributed by atoms with van der Waals surface area (Å²) >= 11 is 0. The number of carbonyl (C=O) groups excluding carboxylic acids is 2. The summed E-state index contributed by atoms with van der Waals surface area (Å²) in [5.74, 6) is -4.97. The number of ketones is 1. The Bertz CT molecular complexity index is 1080. The van der Waals surface area contributed by atoms with Crippen LogP contribution in [0.1, 0.15) is 85.6 Å². The number of nitrogens with zero attached hydrogens (tertiary/aromatic N) is 3. The van der Waals surface area contributed by atoms with E-state index in [-0.39, 0.29) is 30.2 Å². The molecular formula is C25H29F4N3O3. The van der Waals surface area contributed by atoms with Crippen molar-refractivity contribution in [1.82, 2.24) is 14.9 Å². The van der Waals surface area contributed by atoms with Crippen molar-refractivity contribution in [2.45, 2.75) is 71.6 Å². The molecule has 10 heteroatoms. The smallest absolute Gasteiger partial charge is 0.330 e. The van der Waals surface area contributed by atoms with Gasteiger partial charge in [-0.1, -0.05) is 19.9 Å². The van der Waals surface area contributed by atoms with Crippen molar-refractivity contribution in [3.8, 4) is 0 Å². The number of hydrogen-bond acceptors (Lipinski definition) is 5. The van der Waals surface area contributed by atoms with Crippen LogP contribution in [-0.4, -0.2) is 45.5 Å². The molecule has 3 atom stereocenters. The molecule has 0 N–H and O–H groups in total. The first-order chi connectivity index (χ1) is 16.3. The lowest BCUT2D eigenvalue weighted by atomic mass is 9.90. The van der Waals surface area contributed by atoms with Gasteiger partial charge in [-0.05, 0) is 38.5 Å². The molecule has 3 heterocycles. The third kappa shape index (κ3) is 5.52. The number of Topliss-reactive ketones (excluding diaryl/α,β-unsaturated/α-hetero) is 1. The topological polar surface area (TPSA) is 72.4 Å². The highest BCUT2D eigenvalue weighted by atomic mass is 19.3. The van der Waals surface area contributed by atoms with Gasteiger partial charge in [0.05, 0.1) is 29.5 Å². The third-order valence-corrected chi connectivity index (χ3v) is 6.34. The van der Waals surface area contributed by atoms with Gasteiger partial charge in [0.1, 0.15) is 12.4 Å². The summed E-state index contributed by atoms with van der Waals surface area (Å²) in [5.41, 5.74) is 2.84. The van der Waals surface area contributed by atoms with Gasteiger partial charge in [-0.25, -0.2) is 8.78 Å². The van der Waals surface area contributed by atoms with Crippen LogP contribution in [0.2, 0.25) is 0 Å². The van der Waals surface area contributed by atoms with E-state index in [1.165, 1.54) is 13.1 Å². The molecule has 0 bridgehead atoms.